The summed E-state index contributed by atoms with van der Waals surface area (Å²) < 4.78 is 0. The minimum atomic E-state index is 0.732. The third-order valence-electron chi connectivity index (χ3n) is 2.52. The van der Waals surface area contributed by atoms with Gasteiger partial charge in [0.05, 0.1) is 0 Å². The second-order valence-corrected chi connectivity index (χ2v) is 5.51. The van der Waals surface area contributed by atoms with Crippen molar-refractivity contribution in [2.24, 2.45) is 0 Å². The predicted molar refractivity (Wildman–Crippen MR) is 79.6 cm³/mol. The van der Waals surface area contributed by atoms with E-state index in [-0.39, 0.29) is 0 Å². The first-order valence-electron chi connectivity index (χ1n) is 6.23. The molecule has 2 rings (SSSR count). The highest BCUT2D eigenvalue weighted by molar-refractivity contribution is 7.99. The highest BCUT2D eigenvalue weighted by Crippen LogP contribution is 2.28. The Kier molecular flexibility index (Phi) is 5.63. The van der Waals surface area contributed by atoms with E-state index in [1.165, 1.54) is 11.8 Å². The van der Waals surface area contributed by atoms with Gasteiger partial charge in [0.1, 0.15) is 0 Å². The van der Waals surface area contributed by atoms with Gasteiger partial charge in [-0.25, -0.2) is 9.97 Å². The van der Waals surface area contributed by atoms with Crippen LogP contribution in [0.1, 0.15) is 18.9 Å². The van der Waals surface area contributed by atoms with E-state index in [9.17, 15) is 0 Å². The van der Waals surface area contributed by atoms with Crippen molar-refractivity contribution in [3.05, 3.63) is 47.2 Å². The van der Waals surface area contributed by atoms with Crippen molar-refractivity contribution in [1.29, 1.82) is 0 Å². The molecule has 0 fully saturated rings. The molecule has 0 radical (unpaired) electrons. The average molecular weight is 294 g/mol. The fourth-order valence-electron chi connectivity index (χ4n) is 1.58. The van der Waals surface area contributed by atoms with Crippen molar-refractivity contribution in [2.45, 2.75) is 29.9 Å². The van der Waals surface area contributed by atoms with Crippen molar-refractivity contribution >= 4 is 23.4 Å². The molecular weight excluding hydrogens is 278 g/mol. The second-order valence-electron chi connectivity index (χ2n) is 4.06. The molecule has 100 valence electrons. The van der Waals surface area contributed by atoms with Crippen LogP contribution in [0.5, 0.6) is 0 Å². The van der Waals surface area contributed by atoms with Crippen LogP contribution in [0.3, 0.4) is 0 Å². The molecule has 0 amide bonds. The van der Waals surface area contributed by atoms with Gasteiger partial charge in [0, 0.05) is 28.9 Å². The smallest absolute Gasteiger partial charge is 0.192 e. The van der Waals surface area contributed by atoms with Crippen LogP contribution in [0.15, 0.2) is 46.7 Å². The van der Waals surface area contributed by atoms with Crippen LogP contribution in [0.2, 0.25) is 5.02 Å². The molecule has 0 spiro atoms. The lowest BCUT2D eigenvalue weighted by atomic mass is 10.2. The Hall–Kier alpha value is -1.10. The zero-order chi connectivity index (χ0) is 13.5. The molecule has 0 unspecified atom stereocenters. The molecule has 1 aromatic heterocycles. The van der Waals surface area contributed by atoms with E-state index < -0.39 is 0 Å². The summed E-state index contributed by atoms with van der Waals surface area (Å²) in [4.78, 5) is 9.42. The number of aromatic nitrogens is 2. The van der Waals surface area contributed by atoms with Gasteiger partial charge in [0.15, 0.2) is 5.16 Å². The largest absolute Gasteiger partial charge is 0.313 e. The Balaban J connectivity index is 2.02. The minimum Gasteiger partial charge on any atom is -0.313 e. The number of hydrogen-bond donors (Lipinski definition) is 1. The SMILES string of the molecule is CCCNCc1ccc(Sc2ncccn2)cc1Cl. The summed E-state index contributed by atoms with van der Waals surface area (Å²) in [6.07, 6.45) is 4.59. The number of nitrogens with zero attached hydrogens (tertiary/aromatic N) is 2. The van der Waals surface area contributed by atoms with E-state index in [1.807, 2.05) is 6.07 Å². The van der Waals surface area contributed by atoms with Crippen LogP contribution in [0.25, 0.3) is 0 Å². The number of halogens is 1. The molecule has 3 nitrogen and oxygen atoms in total. The average Bonchev–Trinajstić information content (AvgIpc) is 2.43. The van der Waals surface area contributed by atoms with Crippen molar-refractivity contribution in [1.82, 2.24) is 15.3 Å². The Morgan fingerprint density at radius 2 is 2.05 bits per heavy atom. The molecule has 5 heteroatoms. The molecule has 1 N–H and O–H groups in total. The van der Waals surface area contributed by atoms with Crippen LogP contribution < -0.4 is 5.32 Å². The zero-order valence-electron chi connectivity index (χ0n) is 10.8. The number of benzene rings is 1. The first kappa shape index (κ1) is 14.3. The standard InChI is InChI=1S/C14H16ClN3S/c1-2-6-16-10-11-4-5-12(9-13(11)15)19-14-17-7-3-8-18-14/h3-5,7-9,16H,2,6,10H2,1H3. The van der Waals surface area contributed by atoms with Gasteiger partial charge in [-0.15, -0.1) is 0 Å². The lowest BCUT2D eigenvalue weighted by molar-refractivity contribution is 0.675. The highest BCUT2D eigenvalue weighted by Gasteiger charge is 2.04. The first-order valence-corrected chi connectivity index (χ1v) is 7.43. The van der Waals surface area contributed by atoms with E-state index in [0.717, 1.165) is 40.1 Å². The van der Waals surface area contributed by atoms with Gasteiger partial charge in [-0.05, 0) is 48.5 Å². The molecule has 0 bridgehead atoms. The molecule has 1 aromatic carbocycles. The molecule has 2 aromatic rings. The van der Waals surface area contributed by atoms with Crippen LogP contribution in [-0.4, -0.2) is 16.5 Å². The molecule has 0 saturated carbocycles. The molecule has 0 aliphatic rings. The highest BCUT2D eigenvalue weighted by atomic mass is 35.5. The maximum absolute atomic E-state index is 6.28. The van der Waals surface area contributed by atoms with Crippen molar-refractivity contribution in [3.63, 3.8) is 0 Å². The van der Waals surface area contributed by atoms with Gasteiger partial charge in [-0.3, -0.25) is 0 Å². The van der Waals surface area contributed by atoms with Gasteiger partial charge in [-0.1, -0.05) is 24.6 Å². The molecule has 0 aliphatic carbocycles. The van der Waals surface area contributed by atoms with E-state index in [4.69, 9.17) is 11.6 Å². The van der Waals surface area contributed by atoms with E-state index in [1.54, 1.807) is 18.5 Å². The van der Waals surface area contributed by atoms with Gasteiger partial charge in [0.2, 0.25) is 0 Å². The van der Waals surface area contributed by atoms with Crippen molar-refractivity contribution in [2.75, 3.05) is 6.54 Å². The third-order valence-corrected chi connectivity index (χ3v) is 3.75. The second kappa shape index (κ2) is 7.48. The molecule has 0 atom stereocenters. The van der Waals surface area contributed by atoms with Crippen LogP contribution in [0, 0.1) is 0 Å². The molecule has 19 heavy (non-hydrogen) atoms. The lowest BCUT2D eigenvalue weighted by Gasteiger charge is -2.07. The normalized spacial score (nSPS) is 10.6. The molecule has 0 aliphatic heterocycles. The van der Waals surface area contributed by atoms with E-state index in [2.05, 4.69) is 34.3 Å². The Labute approximate surface area is 122 Å². The van der Waals surface area contributed by atoms with Gasteiger partial charge >= 0.3 is 0 Å². The maximum atomic E-state index is 6.28. The fraction of sp³-hybridized carbons (Fsp3) is 0.286. The van der Waals surface area contributed by atoms with Crippen molar-refractivity contribution < 1.29 is 0 Å². The zero-order valence-corrected chi connectivity index (χ0v) is 12.3. The van der Waals surface area contributed by atoms with E-state index >= 15 is 0 Å². The number of hydrogen-bond acceptors (Lipinski definition) is 4. The van der Waals surface area contributed by atoms with Gasteiger partial charge < -0.3 is 5.32 Å². The van der Waals surface area contributed by atoms with E-state index in [0.29, 0.717) is 0 Å². The predicted octanol–water partition coefficient (Wildman–Crippen LogP) is 3.78. The summed E-state index contributed by atoms with van der Waals surface area (Å²) in [7, 11) is 0. The number of nitrogens with one attached hydrogen (secondary N) is 1. The molecule has 1 heterocycles. The van der Waals surface area contributed by atoms with Gasteiger partial charge in [-0.2, -0.15) is 0 Å². The van der Waals surface area contributed by atoms with Crippen LogP contribution in [0.4, 0.5) is 0 Å². The third kappa shape index (κ3) is 4.49. The number of rotatable bonds is 6. The topological polar surface area (TPSA) is 37.8 Å². The van der Waals surface area contributed by atoms with Crippen LogP contribution in [-0.2, 0) is 6.54 Å². The summed E-state index contributed by atoms with van der Waals surface area (Å²) in [6, 6.07) is 7.87. The summed E-state index contributed by atoms with van der Waals surface area (Å²) in [5, 5.41) is 4.86. The summed E-state index contributed by atoms with van der Waals surface area (Å²) in [5.74, 6) is 0. The summed E-state index contributed by atoms with van der Waals surface area (Å²) in [5.41, 5.74) is 1.12. The maximum Gasteiger partial charge on any atom is 0.192 e. The van der Waals surface area contributed by atoms with Gasteiger partial charge in [0.25, 0.3) is 0 Å². The Morgan fingerprint density at radius 1 is 1.26 bits per heavy atom. The quantitative estimate of drug-likeness (QED) is 0.650. The summed E-state index contributed by atoms with van der Waals surface area (Å²) in [6.45, 7) is 3.96. The Bertz CT molecular complexity index is 519. The monoisotopic (exact) mass is 293 g/mol. The molecule has 0 saturated heterocycles. The Morgan fingerprint density at radius 3 is 2.74 bits per heavy atom. The lowest BCUT2D eigenvalue weighted by Crippen LogP contribution is -2.13. The fourth-order valence-corrected chi connectivity index (χ4v) is 2.64. The van der Waals surface area contributed by atoms with Crippen molar-refractivity contribution in [3.8, 4) is 0 Å². The minimum absolute atomic E-state index is 0.732. The molecular formula is C14H16ClN3S. The van der Waals surface area contributed by atoms with Crippen LogP contribution >= 0.6 is 23.4 Å². The summed E-state index contributed by atoms with van der Waals surface area (Å²) >= 11 is 7.79. The first-order chi connectivity index (χ1) is 9.29.